The summed E-state index contributed by atoms with van der Waals surface area (Å²) < 4.78 is 2.27. The van der Waals surface area contributed by atoms with E-state index in [4.69, 9.17) is 4.99 Å². The number of halogens is 1. The zero-order chi connectivity index (χ0) is 18.8. The molecule has 9 heteroatoms. The smallest absolute Gasteiger partial charge is 0.191 e. The lowest BCUT2D eigenvalue weighted by Crippen LogP contribution is -2.38. The van der Waals surface area contributed by atoms with E-state index in [9.17, 15) is 0 Å². The predicted octanol–water partition coefficient (Wildman–Crippen LogP) is 3.66. The first-order valence-corrected chi connectivity index (χ1v) is 12.0. The zero-order valence-electron chi connectivity index (χ0n) is 17.0. The van der Waals surface area contributed by atoms with Gasteiger partial charge in [-0.2, -0.15) is 11.8 Å². The first-order chi connectivity index (χ1) is 12.6. The van der Waals surface area contributed by atoms with Crippen molar-refractivity contribution in [1.82, 2.24) is 25.4 Å². The Morgan fingerprint density at radius 3 is 2.81 bits per heavy atom. The molecule has 0 aromatic carbocycles. The number of thioether (sulfide) groups is 2. The molecular formula is C18H35IN6S2. The molecule has 27 heavy (non-hydrogen) atoms. The van der Waals surface area contributed by atoms with Crippen molar-refractivity contribution >= 4 is 53.5 Å². The van der Waals surface area contributed by atoms with Gasteiger partial charge in [-0.3, -0.25) is 4.99 Å². The third-order valence-corrected chi connectivity index (χ3v) is 6.26. The van der Waals surface area contributed by atoms with Gasteiger partial charge in [-0.15, -0.1) is 34.2 Å². The number of guanidine groups is 1. The van der Waals surface area contributed by atoms with Crippen molar-refractivity contribution in [3.8, 4) is 0 Å². The average Bonchev–Trinajstić information content (AvgIpc) is 3.26. The van der Waals surface area contributed by atoms with Gasteiger partial charge in [0.25, 0.3) is 0 Å². The molecule has 1 aliphatic rings. The highest BCUT2D eigenvalue weighted by atomic mass is 127. The normalized spacial score (nSPS) is 17.2. The molecule has 0 spiro atoms. The summed E-state index contributed by atoms with van der Waals surface area (Å²) >= 11 is 3.73. The lowest BCUT2D eigenvalue weighted by atomic mass is 10.2. The van der Waals surface area contributed by atoms with Crippen LogP contribution in [0.4, 0.5) is 0 Å². The molecule has 1 aliphatic heterocycles. The van der Waals surface area contributed by atoms with E-state index in [-0.39, 0.29) is 24.0 Å². The number of hydrogen-bond donors (Lipinski definition) is 2. The van der Waals surface area contributed by atoms with Crippen LogP contribution >= 0.6 is 47.5 Å². The Hall–Kier alpha value is -0.160. The minimum atomic E-state index is 0. The van der Waals surface area contributed by atoms with Gasteiger partial charge in [0, 0.05) is 31.3 Å². The highest BCUT2D eigenvalue weighted by molar-refractivity contribution is 14.0. The molecule has 0 saturated carbocycles. The first-order valence-electron chi connectivity index (χ1n) is 9.73. The van der Waals surface area contributed by atoms with Crippen molar-refractivity contribution in [2.45, 2.75) is 63.4 Å². The van der Waals surface area contributed by atoms with Crippen molar-refractivity contribution in [3.63, 3.8) is 0 Å². The van der Waals surface area contributed by atoms with Gasteiger partial charge in [-0.25, -0.2) is 0 Å². The Labute approximate surface area is 189 Å². The minimum Gasteiger partial charge on any atom is -0.357 e. The molecule has 2 N–H and O–H groups in total. The van der Waals surface area contributed by atoms with Gasteiger partial charge in [0.1, 0.15) is 5.82 Å². The molecule has 1 fully saturated rings. The lowest BCUT2D eigenvalue weighted by Gasteiger charge is -2.13. The molecule has 1 saturated heterocycles. The molecule has 1 atom stereocenters. The number of rotatable bonds is 10. The first kappa shape index (κ1) is 24.9. The Morgan fingerprint density at radius 1 is 1.37 bits per heavy atom. The molecule has 156 valence electrons. The fourth-order valence-corrected chi connectivity index (χ4v) is 4.68. The summed E-state index contributed by atoms with van der Waals surface area (Å²) in [6.07, 6.45) is 6.66. The van der Waals surface area contributed by atoms with E-state index in [1.165, 1.54) is 18.6 Å². The van der Waals surface area contributed by atoms with Crippen molar-refractivity contribution in [2.75, 3.05) is 31.6 Å². The number of aromatic nitrogens is 3. The summed E-state index contributed by atoms with van der Waals surface area (Å²) in [7, 11) is 0. The molecule has 6 nitrogen and oxygen atoms in total. The number of nitrogens with one attached hydrogen (secondary N) is 2. The van der Waals surface area contributed by atoms with Gasteiger partial charge < -0.3 is 15.2 Å². The predicted molar refractivity (Wildman–Crippen MR) is 130 cm³/mol. The van der Waals surface area contributed by atoms with Crippen molar-refractivity contribution < 1.29 is 0 Å². The number of aryl methyl sites for hydroxylation is 1. The standard InChI is InChI=1S/C18H34N6S2.HI/c1-5-19-17(21-12-15-8-7-11-26-15)20-10-6-9-16-22-23-18(25-4)24(16)13-14(2)3;/h14-15H,5-13H2,1-4H3,(H2,19,20,21);1H. The Kier molecular flexibility index (Phi) is 12.8. The van der Waals surface area contributed by atoms with E-state index < -0.39 is 0 Å². The van der Waals surface area contributed by atoms with Crippen LogP contribution in [0.5, 0.6) is 0 Å². The molecule has 0 amide bonds. The Bertz CT molecular complexity index is 558. The quantitative estimate of drug-likeness (QED) is 0.160. The molecule has 1 aromatic rings. The highest BCUT2D eigenvalue weighted by Crippen LogP contribution is 2.26. The van der Waals surface area contributed by atoms with Gasteiger partial charge in [0.05, 0.1) is 6.54 Å². The molecular weight excluding hydrogens is 491 g/mol. The zero-order valence-corrected chi connectivity index (χ0v) is 21.0. The summed E-state index contributed by atoms with van der Waals surface area (Å²) in [5.41, 5.74) is 0. The molecule has 1 unspecified atom stereocenters. The van der Waals surface area contributed by atoms with E-state index in [0.29, 0.717) is 11.2 Å². The maximum atomic E-state index is 4.75. The lowest BCUT2D eigenvalue weighted by molar-refractivity contribution is 0.477. The van der Waals surface area contributed by atoms with Crippen molar-refractivity contribution in [2.24, 2.45) is 10.9 Å². The van der Waals surface area contributed by atoms with Crippen LogP contribution in [0.25, 0.3) is 0 Å². The van der Waals surface area contributed by atoms with E-state index in [1.54, 1.807) is 11.8 Å². The van der Waals surface area contributed by atoms with Crippen LogP contribution in [0.15, 0.2) is 10.1 Å². The SMILES string of the molecule is CCNC(=NCC1CCCS1)NCCCc1nnc(SC)n1CC(C)C.I. The van der Waals surface area contributed by atoms with Gasteiger partial charge in [-0.1, -0.05) is 25.6 Å². The summed E-state index contributed by atoms with van der Waals surface area (Å²) in [4.78, 5) is 4.75. The number of nitrogens with zero attached hydrogens (tertiary/aromatic N) is 4. The summed E-state index contributed by atoms with van der Waals surface area (Å²) in [5.74, 6) is 3.91. The number of hydrogen-bond acceptors (Lipinski definition) is 5. The second kappa shape index (κ2) is 13.9. The number of aliphatic imine (C=N–C) groups is 1. The van der Waals surface area contributed by atoms with Crippen LogP contribution in [-0.4, -0.2) is 57.6 Å². The van der Waals surface area contributed by atoms with E-state index in [0.717, 1.165) is 56.0 Å². The minimum absolute atomic E-state index is 0. The molecule has 2 rings (SSSR count). The summed E-state index contributed by atoms with van der Waals surface area (Å²) in [6.45, 7) is 10.3. The molecule has 0 aliphatic carbocycles. The van der Waals surface area contributed by atoms with Crippen LogP contribution in [-0.2, 0) is 13.0 Å². The van der Waals surface area contributed by atoms with Crippen LogP contribution < -0.4 is 10.6 Å². The van der Waals surface area contributed by atoms with Gasteiger partial charge >= 0.3 is 0 Å². The summed E-state index contributed by atoms with van der Waals surface area (Å²) in [5, 5.41) is 17.2. The molecule has 1 aromatic heterocycles. The molecule has 0 bridgehead atoms. The second-order valence-electron chi connectivity index (χ2n) is 6.99. The second-order valence-corrected chi connectivity index (χ2v) is 9.17. The van der Waals surface area contributed by atoms with Crippen LogP contribution in [0.2, 0.25) is 0 Å². The fourth-order valence-electron chi connectivity index (χ4n) is 2.98. The van der Waals surface area contributed by atoms with Crippen LogP contribution in [0.1, 0.15) is 45.9 Å². The third kappa shape index (κ3) is 8.81. The Morgan fingerprint density at radius 2 is 2.19 bits per heavy atom. The monoisotopic (exact) mass is 526 g/mol. The maximum Gasteiger partial charge on any atom is 0.191 e. The van der Waals surface area contributed by atoms with Gasteiger partial charge in [0.15, 0.2) is 11.1 Å². The van der Waals surface area contributed by atoms with Crippen molar-refractivity contribution in [3.05, 3.63) is 5.82 Å². The van der Waals surface area contributed by atoms with Gasteiger partial charge in [0.2, 0.25) is 0 Å². The van der Waals surface area contributed by atoms with Gasteiger partial charge in [-0.05, 0) is 44.1 Å². The average molecular weight is 527 g/mol. The molecule has 0 radical (unpaired) electrons. The van der Waals surface area contributed by atoms with Crippen LogP contribution in [0.3, 0.4) is 0 Å². The molecule has 2 heterocycles. The Balaban J connectivity index is 0.00000364. The van der Waals surface area contributed by atoms with Crippen molar-refractivity contribution in [1.29, 1.82) is 0 Å². The topological polar surface area (TPSA) is 67.1 Å². The fraction of sp³-hybridized carbons (Fsp3) is 0.833. The van der Waals surface area contributed by atoms with E-state index >= 15 is 0 Å². The maximum absolute atomic E-state index is 4.75. The van der Waals surface area contributed by atoms with Crippen LogP contribution in [0, 0.1) is 5.92 Å². The largest absolute Gasteiger partial charge is 0.357 e. The third-order valence-electron chi connectivity index (χ3n) is 4.21. The van der Waals surface area contributed by atoms with E-state index in [2.05, 4.69) is 64.2 Å². The summed E-state index contributed by atoms with van der Waals surface area (Å²) in [6, 6.07) is 0. The van der Waals surface area contributed by atoms with E-state index in [1.807, 2.05) is 0 Å². The highest BCUT2D eigenvalue weighted by Gasteiger charge is 2.15.